The van der Waals surface area contributed by atoms with Crippen molar-refractivity contribution in [3.05, 3.63) is 64.2 Å². The first-order chi connectivity index (χ1) is 20.5. The lowest BCUT2D eigenvalue weighted by Crippen LogP contribution is -2.41. The lowest BCUT2D eigenvalue weighted by atomic mass is 9.76. The number of benzene rings is 2. The van der Waals surface area contributed by atoms with E-state index in [9.17, 15) is 23.1 Å². The minimum atomic E-state index is -4.80. The zero-order valence-corrected chi connectivity index (χ0v) is 25.9. The zero-order chi connectivity index (χ0) is 32.0. The predicted molar refractivity (Wildman–Crippen MR) is 164 cm³/mol. The molecule has 2 aromatic carbocycles. The number of nitrogens with two attached hydrogens (primary N) is 1. The fourth-order valence-corrected chi connectivity index (χ4v) is 6.31. The number of hydrogen-bond donors (Lipinski definition) is 3. The lowest BCUT2D eigenvalue weighted by molar-refractivity contribution is -0.198. The number of aryl methyl sites for hydroxylation is 1. The van der Waals surface area contributed by atoms with Crippen LogP contribution >= 0.6 is 11.6 Å². The minimum Gasteiger partial charge on any atom is -0.480 e. The van der Waals surface area contributed by atoms with Crippen LogP contribution in [0.5, 0.6) is 5.88 Å². The van der Waals surface area contributed by atoms with Crippen LogP contribution in [0, 0.1) is 12.3 Å². The molecule has 0 saturated carbocycles. The fraction of sp³-hybridized carbons (Fsp3) is 0.469. The first-order valence-electron chi connectivity index (χ1n) is 14.5. The van der Waals surface area contributed by atoms with E-state index in [0.29, 0.717) is 60.9 Å². The third kappa shape index (κ3) is 6.89. The summed E-state index contributed by atoms with van der Waals surface area (Å²) in [5.41, 5.74) is 8.28. The Hall–Kier alpha value is -3.57. The Morgan fingerprint density at radius 3 is 2.45 bits per heavy atom. The highest BCUT2D eigenvalue weighted by atomic mass is 35.5. The van der Waals surface area contributed by atoms with E-state index in [-0.39, 0.29) is 28.2 Å². The van der Waals surface area contributed by atoms with Crippen molar-refractivity contribution in [3.8, 4) is 17.0 Å². The van der Waals surface area contributed by atoms with Gasteiger partial charge in [0, 0.05) is 36.3 Å². The van der Waals surface area contributed by atoms with Crippen LogP contribution in [0.25, 0.3) is 11.1 Å². The van der Waals surface area contributed by atoms with Gasteiger partial charge in [-0.3, -0.25) is 4.79 Å². The number of aromatic nitrogens is 2. The van der Waals surface area contributed by atoms with Crippen LogP contribution in [0.1, 0.15) is 62.8 Å². The number of carboxylic acid groups (broad SMARTS) is 1. The molecule has 0 radical (unpaired) electrons. The van der Waals surface area contributed by atoms with Gasteiger partial charge in [0.2, 0.25) is 17.9 Å². The second-order valence-electron chi connectivity index (χ2n) is 13.0. The molecule has 8 nitrogen and oxygen atoms in total. The fourth-order valence-electron chi connectivity index (χ4n) is 6.14. The van der Waals surface area contributed by atoms with Crippen molar-refractivity contribution < 1.29 is 27.8 Å². The number of rotatable bonds is 6. The number of piperidine rings is 1. The third-order valence-electron chi connectivity index (χ3n) is 8.60. The molecule has 2 atom stereocenters. The van der Waals surface area contributed by atoms with Gasteiger partial charge in [-0.2, -0.15) is 23.1 Å². The molecule has 1 unspecified atom stereocenters. The number of halogens is 4. The highest BCUT2D eigenvalue weighted by Gasteiger charge is 2.46. The smallest absolute Gasteiger partial charge is 0.429 e. The van der Waals surface area contributed by atoms with Gasteiger partial charge in [-0.15, -0.1) is 0 Å². The predicted octanol–water partition coefficient (Wildman–Crippen LogP) is 6.70. The first-order valence-corrected chi connectivity index (χ1v) is 14.9. The van der Waals surface area contributed by atoms with Crippen molar-refractivity contribution in [2.24, 2.45) is 5.41 Å². The maximum Gasteiger partial charge on any atom is 0.429 e. The van der Waals surface area contributed by atoms with E-state index in [1.165, 1.54) is 24.3 Å². The lowest BCUT2D eigenvalue weighted by Gasteiger charge is -2.39. The molecule has 0 bridgehead atoms. The number of carbonyl (C=O) groups is 1. The van der Waals surface area contributed by atoms with Gasteiger partial charge in [0.15, 0.2) is 0 Å². The molecule has 4 N–H and O–H groups in total. The number of nitrogen functional groups attached to an aromatic ring is 1. The average molecular weight is 632 g/mol. The van der Waals surface area contributed by atoms with Crippen molar-refractivity contribution >= 4 is 29.3 Å². The molecule has 44 heavy (non-hydrogen) atoms. The standard InChI is InChI=1S/C32H37ClF3N5O3/c1-18-11-19(13-20(12-18)30(2,3)4)23-14-21(33)5-6-22(23)27(32(34,35)36)44-26-15-25(39-29(37)40-26)41-9-7-31(8-10-41)16-24(28(42)43)38-17-31/h5-6,11-15,24,27,38H,7-10,16-17H2,1-4H3,(H,42,43)(H2,37,39,40)/t24-,27?/m0/s1. The van der Waals surface area contributed by atoms with Gasteiger partial charge in [-0.05, 0) is 65.8 Å². The quantitative estimate of drug-likeness (QED) is 0.275. The molecule has 12 heteroatoms. The molecule has 2 aliphatic rings. The summed E-state index contributed by atoms with van der Waals surface area (Å²) in [6.45, 7) is 9.72. The van der Waals surface area contributed by atoms with Crippen molar-refractivity contribution in [1.29, 1.82) is 0 Å². The highest BCUT2D eigenvalue weighted by Crippen LogP contribution is 2.44. The van der Waals surface area contributed by atoms with E-state index in [4.69, 9.17) is 22.1 Å². The number of nitrogens with zero attached hydrogens (tertiary/aromatic N) is 3. The number of aliphatic carboxylic acids is 1. The molecule has 236 valence electrons. The van der Waals surface area contributed by atoms with Gasteiger partial charge < -0.3 is 25.8 Å². The average Bonchev–Trinajstić information content (AvgIpc) is 3.34. The number of hydrogen-bond acceptors (Lipinski definition) is 7. The summed E-state index contributed by atoms with van der Waals surface area (Å²) in [5, 5.41) is 12.8. The van der Waals surface area contributed by atoms with Crippen LogP contribution in [0.2, 0.25) is 5.02 Å². The van der Waals surface area contributed by atoms with Crippen LogP contribution < -0.4 is 20.7 Å². The van der Waals surface area contributed by atoms with Crippen LogP contribution in [-0.4, -0.2) is 52.9 Å². The molecule has 1 spiro atoms. The first kappa shape index (κ1) is 31.8. The van der Waals surface area contributed by atoms with Crippen LogP contribution in [0.4, 0.5) is 24.9 Å². The Kier molecular flexibility index (Phi) is 8.50. The van der Waals surface area contributed by atoms with E-state index < -0.39 is 24.3 Å². The van der Waals surface area contributed by atoms with Crippen molar-refractivity contribution in [2.75, 3.05) is 30.3 Å². The van der Waals surface area contributed by atoms with Gasteiger partial charge in [-0.25, -0.2) is 0 Å². The van der Waals surface area contributed by atoms with Gasteiger partial charge in [-0.1, -0.05) is 62.2 Å². The van der Waals surface area contributed by atoms with Gasteiger partial charge in [0.1, 0.15) is 11.9 Å². The molecule has 1 aromatic heterocycles. The van der Waals surface area contributed by atoms with E-state index in [1.54, 1.807) is 0 Å². The monoisotopic (exact) mass is 631 g/mol. The topological polar surface area (TPSA) is 114 Å². The largest absolute Gasteiger partial charge is 0.480 e. The molecule has 2 aliphatic heterocycles. The molecule has 0 amide bonds. The van der Waals surface area contributed by atoms with Crippen molar-refractivity contribution in [2.45, 2.75) is 70.7 Å². The number of anilines is 2. The summed E-state index contributed by atoms with van der Waals surface area (Å²) in [4.78, 5) is 21.6. The van der Waals surface area contributed by atoms with Crippen LogP contribution in [0.15, 0.2) is 42.5 Å². The number of nitrogens with one attached hydrogen (secondary N) is 1. The zero-order valence-electron chi connectivity index (χ0n) is 25.1. The normalized spacial score (nSPS) is 19.3. The summed E-state index contributed by atoms with van der Waals surface area (Å²) in [7, 11) is 0. The van der Waals surface area contributed by atoms with E-state index in [1.807, 2.05) is 50.8 Å². The molecular weight excluding hydrogens is 595 g/mol. The Bertz CT molecular complexity index is 1550. The van der Waals surface area contributed by atoms with Crippen molar-refractivity contribution in [3.63, 3.8) is 0 Å². The van der Waals surface area contributed by atoms with Gasteiger partial charge >= 0.3 is 12.1 Å². The molecule has 5 rings (SSSR count). The summed E-state index contributed by atoms with van der Waals surface area (Å²) in [6, 6.07) is 10.8. The Morgan fingerprint density at radius 1 is 1.14 bits per heavy atom. The molecule has 0 aliphatic carbocycles. The van der Waals surface area contributed by atoms with Gasteiger partial charge in [0.05, 0.1) is 0 Å². The summed E-state index contributed by atoms with van der Waals surface area (Å²) >= 11 is 6.31. The maximum absolute atomic E-state index is 14.8. The SMILES string of the molecule is Cc1cc(-c2cc(Cl)ccc2C(Oc2cc(N3CCC4(CC3)CN[C@H](C(=O)O)C4)nc(N)n2)C(F)(F)F)cc(C(C)(C)C)c1. The number of ether oxygens (including phenoxy) is 1. The van der Waals surface area contributed by atoms with E-state index in [0.717, 1.165) is 11.1 Å². The second kappa shape index (κ2) is 11.7. The van der Waals surface area contributed by atoms with Crippen LogP contribution in [-0.2, 0) is 10.2 Å². The molecular formula is C32H37ClF3N5O3. The van der Waals surface area contributed by atoms with Crippen molar-refractivity contribution in [1.82, 2.24) is 15.3 Å². The molecule has 3 heterocycles. The van der Waals surface area contributed by atoms with Crippen LogP contribution in [0.3, 0.4) is 0 Å². The van der Waals surface area contributed by atoms with Gasteiger partial charge in [0.25, 0.3) is 0 Å². The van der Waals surface area contributed by atoms with E-state index >= 15 is 0 Å². The summed E-state index contributed by atoms with van der Waals surface area (Å²) in [5.74, 6) is -1.02. The Morgan fingerprint density at radius 2 is 1.84 bits per heavy atom. The summed E-state index contributed by atoms with van der Waals surface area (Å²) < 4.78 is 49.9. The minimum absolute atomic E-state index is 0.104. The maximum atomic E-state index is 14.8. The Labute approximate surface area is 259 Å². The molecule has 2 fully saturated rings. The Balaban J connectivity index is 1.45. The third-order valence-corrected chi connectivity index (χ3v) is 8.84. The molecule has 3 aromatic rings. The highest BCUT2D eigenvalue weighted by molar-refractivity contribution is 6.30. The number of alkyl halides is 3. The number of carboxylic acids is 1. The van der Waals surface area contributed by atoms with E-state index in [2.05, 4.69) is 15.3 Å². The molecule has 2 saturated heterocycles. The second-order valence-corrected chi connectivity index (χ2v) is 13.4. The summed E-state index contributed by atoms with van der Waals surface area (Å²) in [6.07, 6.45) is -5.22.